The van der Waals surface area contributed by atoms with Crippen molar-refractivity contribution in [2.75, 3.05) is 37.5 Å². The molecule has 2 heterocycles. The van der Waals surface area contributed by atoms with E-state index in [1.165, 1.54) is 4.88 Å². The quantitative estimate of drug-likeness (QED) is 0.865. The molecule has 0 saturated carbocycles. The minimum atomic E-state index is 0.195. The van der Waals surface area contributed by atoms with E-state index in [4.69, 9.17) is 5.11 Å². The molecule has 0 saturated heterocycles. The maximum atomic E-state index is 8.91. The second kappa shape index (κ2) is 5.49. The molecule has 0 aliphatic rings. The van der Waals surface area contributed by atoms with E-state index in [0.717, 1.165) is 29.0 Å². The number of thiophene rings is 1. The highest BCUT2D eigenvalue weighted by Crippen LogP contribution is 2.31. The Morgan fingerprint density at radius 2 is 2.22 bits per heavy atom. The molecule has 18 heavy (non-hydrogen) atoms. The van der Waals surface area contributed by atoms with E-state index in [9.17, 15) is 0 Å². The Balaban J connectivity index is 2.45. The third-order valence-electron chi connectivity index (χ3n) is 2.73. The van der Waals surface area contributed by atoms with E-state index < -0.39 is 0 Å². The van der Waals surface area contributed by atoms with Crippen LogP contribution in [0.1, 0.15) is 11.3 Å². The molecule has 2 aromatic rings. The van der Waals surface area contributed by atoms with Crippen LogP contribution in [0.4, 0.5) is 11.8 Å². The van der Waals surface area contributed by atoms with E-state index in [2.05, 4.69) is 33.2 Å². The van der Waals surface area contributed by atoms with Crippen molar-refractivity contribution in [3.05, 3.63) is 10.9 Å². The number of aliphatic hydroxyl groups is 1. The van der Waals surface area contributed by atoms with Gasteiger partial charge in [0.15, 0.2) is 0 Å². The average Bonchev–Trinajstić information content (AvgIpc) is 2.74. The molecule has 0 fully saturated rings. The van der Waals surface area contributed by atoms with Crippen LogP contribution in [0.3, 0.4) is 0 Å². The van der Waals surface area contributed by atoms with Crippen LogP contribution < -0.4 is 10.2 Å². The van der Waals surface area contributed by atoms with Gasteiger partial charge in [0.05, 0.1) is 5.39 Å². The van der Waals surface area contributed by atoms with Crippen molar-refractivity contribution in [1.29, 1.82) is 0 Å². The second-order valence-electron chi connectivity index (χ2n) is 4.20. The molecule has 98 valence electrons. The summed E-state index contributed by atoms with van der Waals surface area (Å²) in [7, 11) is 3.81. The van der Waals surface area contributed by atoms with Crippen LogP contribution in [0.25, 0.3) is 10.2 Å². The second-order valence-corrected chi connectivity index (χ2v) is 5.43. The van der Waals surface area contributed by atoms with Gasteiger partial charge in [-0.25, -0.2) is 4.98 Å². The lowest BCUT2D eigenvalue weighted by Gasteiger charge is -2.18. The number of aromatic nitrogens is 2. The van der Waals surface area contributed by atoms with Crippen molar-refractivity contribution in [1.82, 2.24) is 9.97 Å². The summed E-state index contributed by atoms with van der Waals surface area (Å²) in [6.45, 7) is 3.05. The van der Waals surface area contributed by atoms with Crippen LogP contribution in [0.5, 0.6) is 0 Å². The predicted octanol–water partition coefficient (Wildman–Crippen LogP) is 1.86. The van der Waals surface area contributed by atoms with Crippen molar-refractivity contribution >= 4 is 33.3 Å². The zero-order chi connectivity index (χ0) is 13.1. The molecule has 0 atom stereocenters. The SMILES string of the molecule is CNc1nc(N(C)CCCO)c2cc(C)sc2n1. The summed E-state index contributed by atoms with van der Waals surface area (Å²) in [6, 6.07) is 2.12. The maximum Gasteiger partial charge on any atom is 0.225 e. The molecule has 0 radical (unpaired) electrons. The lowest BCUT2D eigenvalue weighted by atomic mass is 10.3. The van der Waals surface area contributed by atoms with Gasteiger partial charge in [-0.1, -0.05) is 0 Å². The number of fused-ring (bicyclic) bond motifs is 1. The average molecular weight is 266 g/mol. The molecule has 0 aliphatic heterocycles. The normalized spacial score (nSPS) is 10.9. The molecule has 0 spiro atoms. The van der Waals surface area contributed by atoms with Crippen LogP contribution in [0, 0.1) is 6.92 Å². The summed E-state index contributed by atoms with van der Waals surface area (Å²) in [5.74, 6) is 1.55. The number of nitrogens with one attached hydrogen (secondary N) is 1. The standard InChI is InChI=1S/C12H18N4OS/c1-8-7-9-10(16(3)5-4-6-17)14-12(13-2)15-11(9)18-8/h7,17H,4-6H2,1-3H3,(H,13,14,15). The highest BCUT2D eigenvalue weighted by molar-refractivity contribution is 7.18. The first-order valence-electron chi connectivity index (χ1n) is 5.93. The fourth-order valence-electron chi connectivity index (χ4n) is 1.84. The molecule has 0 amide bonds. The first-order chi connectivity index (χ1) is 8.65. The summed E-state index contributed by atoms with van der Waals surface area (Å²) in [6.07, 6.45) is 0.736. The van der Waals surface area contributed by atoms with Crippen molar-refractivity contribution in [2.45, 2.75) is 13.3 Å². The summed E-state index contributed by atoms with van der Waals surface area (Å²) in [5, 5.41) is 13.0. The topological polar surface area (TPSA) is 61.3 Å². The monoisotopic (exact) mass is 266 g/mol. The fourth-order valence-corrected chi connectivity index (χ4v) is 2.72. The molecule has 2 aromatic heterocycles. The molecule has 6 heteroatoms. The predicted molar refractivity (Wildman–Crippen MR) is 76.7 cm³/mol. The van der Waals surface area contributed by atoms with Gasteiger partial charge in [-0.2, -0.15) is 4.98 Å². The van der Waals surface area contributed by atoms with E-state index in [1.54, 1.807) is 11.3 Å². The Hall–Kier alpha value is -1.40. The van der Waals surface area contributed by atoms with Gasteiger partial charge in [0, 0.05) is 32.1 Å². The lowest BCUT2D eigenvalue weighted by molar-refractivity contribution is 0.290. The van der Waals surface area contributed by atoms with Crippen LogP contribution in [-0.2, 0) is 0 Å². The Labute approximate surface area is 110 Å². The zero-order valence-electron chi connectivity index (χ0n) is 10.9. The smallest absolute Gasteiger partial charge is 0.225 e. The van der Waals surface area contributed by atoms with Crippen molar-refractivity contribution in [2.24, 2.45) is 0 Å². The molecular formula is C12H18N4OS. The highest BCUT2D eigenvalue weighted by atomic mass is 32.1. The third kappa shape index (κ3) is 2.54. The van der Waals surface area contributed by atoms with Gasteiger partial charge in [-0.15, -0.1) is 11.3 Å². The van der Waals surface area contributed by atoms with Gasteiger partial charge < -0.3 is 15.3 Å². The van der Waals surface area contributed by atoms with Crippen LogP contribution >= 0.6 is 11.3 Å². The third-order valence-corrected chi connectivity index (χ3v) is 3.68. The molecule has 2 rings (SSSR count). The first-order valence-corrected chi connectivity index (χ1v) is 6.75. The zero-order valence-corrected chi connectivity index (χ0v) is 11.7. The number of anilines is 2. The van der Waals surface area contributed by atoms with E-state index in [-0.39, 0.29) is 6.61 Å². The Morgan fingerprint density at radius 3 is 2.89 bits per heavy atom. The van der Waals surface area contributed by atoms with Gasteiger partial charge >= 0.3 is 0 Å². The van der Waals surface area contributed by atoms with E-state index in [0.29, 0.717) is 5.95 Å². The van der Waals surface area contributed by atoms with Gasteiger partial charge in [-0.3, -0.25) is 0 Å². The number of hydrogen-bond donors (Lipinski definition) is 2. The van der Waals surface area contributed by atoms with Gasteiger partial charge in [0.25, 0.3) is 0 Å². The van der Waals surface area contributed by atoms with Crippen molar-refractivity contribution in [3.63, 3.8) is 0 Å². The van der Waals surface area contributed by atoms with Crippen LogP contribution in [0.15, 0.2) is 6.07 Å². The number of nitrogens with zero attached hydrogens (tertiary/aromatic N) is 3. The number of hydrogen-bond acceptors (Lipinski definition) is 6. The maximum absolute atomic E-state index is 8.91. The summed E-state index contributed by atoms with van der Waals surface area (Å²) >= 11 is 1.67. The van der Waals surface area contributed by atoms with Crippen molar-refractivity contribution < 1.29 is 5.11 Å². The summed E-state index contributed by atoms with van der Waals surface area (Å²) < 4.78 is 0. The molecule has 0 bridgehead atoms. The molecule has 0 aliphatic carbocycles. The number of aliphatic hydroxyl groups excluding tert-OH is 1. The minimum absolute atomic E-state index is 0.195. The fraction of sp³-hybridized carbons (Fsp3) is 0.500. The van der Waals surface area contributed by atoms with Gasteiger partial charge in [0.1, 0.15) is 10.6 Å². The van der Waals surface area contributed by atoms with Crippen LogP contribution in [-0.4, -0.2) is 42.3 Å². The first kappa shape index (κ1) is 13.0. The van der Waals surface area contributed by atoms with E-state index >= 15 is 0 Å². The number of aryl methyl sites for hydroxylation is 1. The lowest BCUT2D eigenvalue weighted by Crippen LogP contribution is -2.21. The van der Waals surface area contributed by atoms with Crippen molar-refractivity contribution in [3.8, 4) is 0 Å². The molecule has 0 unspecified atom stereocenters. The molecule has 2 N–H and O–H groups in total. The molecule has 5 nitrogen and oxygen atoms in total. The van der Waals surface area contributed by atoms with E-state index in [1.807, 2.05) is 14.1 Å². The minimum Gasteiger partial charge on any atom is -0.396 e. The largest absolute Gasteiger partial charge is 0.396 e. The Morgan fingerprint density at radius 1 is 1.44 bits per heavy atom. The summed E-state index contributed by atoms with van der Waals surface area (Å²) in [4.78, 5) is 13.3. The van der Waals surface area contributed by atoms with Gasteiger partial charge in [0.2, 0.25) is 5.95 Å². The van der Waals surface area contributed by atoms with Gasteiger partial charge in [-0.05, 0) is 19.4 Å². The highest BCUT2D eigenvalue weighted by Gasteiger charge is 2.13. The Bertz CT molecular complexity index is 540. The molecular weight excluding hydrogens is 248 g/mol. The van der Waals surface area contributed by atoms with Crippen LogP contribution in [0.2, 0.25) is 0 Å². The Kier molecular flexibility index (Phi) is 3.98. The summed E-state index contributed by atoms with van der Waals surface area (Å²) in [5.41, 5.74) is 0. The molecule has 0 aromatic carbocycles. The number of rotatable bonds is 5.